The number of aryl methyl sites for hydroxylation is 4. The molecule has 23 heteroatoms. The van der Waals surface area contributed by atoms with Gasteiger partial charge in [-0.25, -0.2) is 19.4 Å². The van der Waals surface area contributed by atoms with E-state index in [1.165, 1.54) is 22.3 Å². The predicted molar refractivity (Wildman–Crippen MR) is 342 cm³/mol. The van der Waals surface area contributed by atoms with Crippen LogP contribution in [0.25, 0.3) is 4.85 Å². The SMILES string of the molecule is CC1=NOC(N2C(=O)OC(C)(C)C2=O)C1.CC1=NOC(N2C(=O)c3ccc(C)cc3C2=O)C1.CC1=NOC(N2Cc3ccccc3C2=O)C1.CC1=NOC(c2c(C)cc(C)cc2C)C1.CC1=NO[C@@](C#N)(c2ccccc2)C1.[C-]#[N+]c1ccccc1C1CC(C)=NO1. The molecule has 14 rings (SSSR count). The highest BCUT2D eigenvalue weighted by Crippen LogP contribution is 2.37. The van der Waals surface area contributed by atoms with Crippen LogP contribution in [0.5, 0.6) is 0 Å². The lowest BCUT2D eigenvalue weighted by molar-refractivity contribution is -0.141. The standard InChI is InChI=1S/C13H12N2O3.C13H17NO.C12H12N2O2.2C11H10N2O.C9H12N2O4/c1-7-3-4-9-10(5-7)13(17)15(12(9)16)11-6-8(2)14-18-11;1-8-5-9(2)13(10(3)6-8)12-7-11(4)14-15-12;1-8-6-11(16-13-8)14-7-9-4-2-3-5-10(9)12(14)15;1-8-7-11(14-13-8)9-5-3-4-6-10(9)12-2;1-9-7-11(8-12,14-13-9)10-5-3-2-4-6-10;1-5-4-6(15-10-5)11-7(12)9(2,3)14-8(11)13/h3-5,11H,6H2,1-2H3;5-6,12H,7H2,1-4H3;2-5,11H,6-7H2,1H3;3-6,11H,7H2,1H3;2-6H,7H2,1H3;6H,4H2,1-3H3/t;;;;11-;/m....0./s1. The van der Waals surface area contributed by atoms with E-state index in [9.17, 15) is 24.0 Å². The summed E-state index contributed by atoms with van der Waals surface area (Å²) in [6, 6.07) is 36.5. The zero-order valence-electron chi connectivity index (χ0n) is 53.5. The van der Waals surface area contributed by atoms with E-state index in [1.54, 1.807) is 43.9 Å². The van der Waals surface area contributed by atoms with Crippen molar-refractivity contribution in [1.82, 2.24) is 14.7 Å². The van der Waals surface area contributed by atoms with Crippen LogP contribution in [0.3, 0.4) is 0 Å². The quantitative estimate of drug-likeness (QED) is 0.113. The van der Waals surface area contributed by atoms with Crippen LogP contribution in [0.15, 0.2) is 140 Å². The van der Waals surface area contributed by atoms with Crippen molar-refractivity contribution in [2.45, 2.75) is 170 Å². The second-order valence-corrected chi connectivity index (χ2v) is 24.1. The molecule has 5 aromatic rings. The Balaban J connectivity index is 0.000000131. The maximum absolute atomic E-state index is 12.2. The lowest BCUT2D eigenvalue weighted by Crippen LogP contribution is -2.42. The molecule has 0 saturated carbocycles. The Kier molecular flexibility index (Phi) is 20.1. The average Bonchev–Trinajstić information content (AvgIpc) is 1.65. The van der Waals surface area contributed by atoms with Crippen LogP contribution in [0.1, 0.15) is 182 Å². The molecule has 0 spiro atoms. The molecule has 9 heterocycles. The van der Waals surface area contributed by atoms with Crippen LogP contribution < -0.4 is 0 Å². The first-order valence-corrected chi connectivity index (χ1v) is 30.0. The van der Waals surface area contributed by atoms with Crippen LogP contribution in [-0.2, 0) is 50.7 Å². The van der Waals surface area contributed by atoms with Crippen molar-refractivity contribution in [2.75, 3.05) is 0 Å². The number of amides is 5. The predicted octanol–water partition coefficient (Wildman–Crippen LogP) is 13.1. The molecule has 9 aliphatic heterocycles. The van der Waals surface area contributed by atoms with Gasteiger partial charge in [0.25, 0.3) is 29.2 Å². The van der Waals surface area contributed by atoms with Gasteiger partial charge in [0.05, 0.1) is 58.5 Å². The van der Waals surface area contributed by atoms with E-state index >= 15 is 0 Å². The van der Waals surface area contributed by atoms with E-state index in [4.69, 9.17) is 45.6 Å². The summed E-state index contributed by atoms with van der Waals surface area (Å²) in [5.41, 5.74) is 14.8. The van der Waals surface area contributed by atoms with Crippen LogP contribution >= 0.6 is 0 Å². The fourth-order valence-electron chi connectivity index (χ4n) is 11.4. The third-order valence-electron chi connectivity index (χ3n) is 15.9. The molecule has 0 bridgehead atoms. The Morgan fingerprint density at radius 1 is 0.533 bits per heavy atom. The summed E-state index contributed by atoms with van der Waals surface area (Å²) in [5, 5.41) is 32.2. The molecule has 0 aromatic heterocycles. The van der Waals surface area contributed by atoms with Crippen molar-refractivity contribution >= 4 is 69.7 Å². The van der Waals surface area contributed by atoms with Gasteiger partial charge in [0.2, 0.25) is 18.7 Å². The number of carbonyl (C=O) groups is 5. The lowest BCUT2D eigenvalue weighted by atomic mass is 9.91. The fourth-order valence-corrected chi connectivity index (χ4v) is 11.4. The molecule has 1 saturated heterocycles. The number of benzene rings is 5. The van der Waals surface area contributed by atoms with Gasteiger partial charge in [0, 0.05) is 60.8 Å². The largest absolute Gasteiger partial charge is 0.433 e. The topological polar surface area (TPSA) is 262 Å². The molecule has 92 heavy (non-hydrogen) atoms. The van der Waals surface area contributed by atoms with E-state index in [0.717, 1.165) is 84.7 Å². The summed E-state index contributed by atoms with van der Waals surface area (Å²) >= 11 is 0. The monoisotopic (exact) mass is 1250 g/mol. The van der Waals surface area contributed by atoms with Crippen molar-refractivity contribution in [3.63, 3.8) is 0 Å². The normalized spacial score (nSPS) is 23.1. The van der Waals surface area contributed by atoms with Gasteiger partial charge < -0.3 is 33.8 Å². The number of hydrogen-bond donors (Lipinski definition) is 0. The first kappa shape index (κ1) is 65.9. The number of fused-ring (bicyclic) bond motifs is 2. The summed E-state index contributed by atoms with van der Waals surface area (Å²) in [5.74, 6) is -0.939. The van der Waals surface area contributed by atoms with E-state index in [-0.39, 0.29) is 42.1 Å². The number of nitrogens with zero attached hydrogens (tertiary/aromatic N) is 11. The first-order chi connectivity index (χ1) is 43.9. The minimum Gasteiger partial charge on any atom is -0.433 e. The Labute approximate surface area is 534 Å². The zero-order valence-corrected chi connectivity index (χ0v) is 53.5. The Morgan fingerprint density at radius 2 is 1.07 bits per heavy atom. The molecule has 23 nitrogen and oxygen atoms in total. The second kappa shape index (κ2) is 28.1. The highest BCUT2D eigenvalue weighted by molar-refractivity contribution is 6.21. The molecule has 5 unspecified atom stereocenters. The van der Waals surface area contributed by atoms with Gasteiger partial charge in [0.1, 0.15) is 12.2 Å². The van der Waals surface area contributed by atoms with Crippen molar-refractivity contribution in [2.24, 2.45) is 30.9 Å². The second-order valence-electron chi connectivity index (χ2n) is 24.1. The summed E-state index contributed by atoms with van der Waals surface area (Å²) in [6.07, 6.45) is 1.81. The van der Waals surface area contributed by atoms with Crippen molar-refractivity contribution < 1.29 is 57.7 Å². The first-order valence-electron chi connectivity index (χ1n) is 30.0. The van der Waals surface area contributed by atoms with E-state index < -0.39 is 29.8 Å². The Bertz CT molecular complexity index is 3970. The third kappa shape index (κ3) is 14.7. The summed E-state index contributed by atoms with van der Waals surface area (Å²) in [6.45, 7) is 30.4. The highest BCUT2D eigenvalue weighted by Gasteiger charge is 2.52. The molecule has 1 fully saturated rings. The maximum atomic E-state index is 12.2. The molecule has 476 valence electrons. The molecule has 5 aromatic carbocycles. The highest BCUT2D eigenvalue weighted by atomic mass is 16.7. The van der Waals surface area contributed by atoms with Crippen molar-refractivity contribution in [1.29, 1.82) is 5.26 Å². The van der Waals surface area contributed by atoms with Gasteiger partial charge in [-0.1, -0.05) is 133 Å². The minimum atomic E-state index is -1.10. The molecule has 9 aliphatic rings. The Hall–Kier alpha value is -10.6. The number of hydrogen-bond acceptors (Lipinski definition) is 19. The van der Waals surface area contributed by atoms with Crippen LogP contribution in [0.2, 0.25) is 0 Å². The smallest absolute Gasteiger partial charge is 0.420 e. The lowest BCUT2D eigenvalue weighted by Gasteiger charge is -2.20. The molecular formula is C69H73N11O12. The van der Waals surface area contributed by atoms with Crippen molar-refractivity contribution in [3.8, 4) is 6.07 Å². The van der Waals surface area contributed by atoms with Crippen LogP contribution in [0.4, 0.5) is 10.5 Å². The van der Waals surface area contributed by atoms with Gasteiger partial charge in [-0.05, 0) is 118 Å². The minimum absolute atomic E-state index is 0.0468. The summed E-state index contributed by atoms with van der Waals surface area (Å²) in [4.78, 5) is 98.3. The van der Waals surface area contributed by atoms with Crippen LogP contribution in [0, 0.1) is 45.6 Å². The van der Waals surface area contributed by atoms with E-state index in [0.29, 0.717) is 49.0 Å². The number of ether oxygens (including phenoxy) is 1. The number of rotatable bonds is 6. The molecular weight excluding hydrogens is 1170 g/mol. The number of oxime groups is 6. The number of imide groups is 2. The van der Waals surface area contributed by atoms with Gasteiger partial charge in [-0.15, -0.1) is 0 Å². The summed E-state index contributed by atoms with van der Waals surface area (Å²) in [7, 11) is 0. The molecule has 0 aliphatic carbocycles. The molecule has 0 radical (unpaired) electrons. The van der Waals surface area contributed by atoms with Crippen LogP contribution in [-0.4, -0.2) is 103 Å². The number of carbonyl (C=O) groups excluding carboxylic acids is 5. The van der Waals surface area contributed by atoms with Crippen molar-refractivity contribution in [3.05, 3.63) is 182 Å². The third-order valence-corrected chi connectivity index (χ3v) is 15.9. The van der Waals surface area contributed by atoms with E-state index in [2.05, 4.69) is 74.8 Å². The maximum Gasteiger partial charge on any atom is 0.420 e. The zero-order chi connectivity index (χ0) is 66.2. The van der Waals surface area contributed by atoms with Gasteiger partial charge in [0.15, 0.2) is 17.4 Å². The fraction of sp³-hybridized carbons (Fsp3) is 0.377. The molecule has 5 amide bonds. The van der Waals surface area contributed by atoms with Gasteiger partial charge in [-0.3, -0.25) is 24.1 Å². The Morgan fingerprint density at radius 3 is 1.59 bits per heavy atom. The molecule has 0 N–H and O–H groups in total. The number of nitriles is 1. The van der Waals surface area contributed by atoms with Gasteiger partial charge >= 0.3 is 6.09 Å². The van der Waals surface area contributed by atoms with Gasteiger partial charge in [-0.2, -0.15) is 5.26 Å². The van der Waals surface area contributed by atoms with E-state index in [1.807, 2.05) is 120 Å². The number of cyclic esters (lactones) is 1. The average molecular weight is 1250 g/mol. The molecule has 6 atom stereocenters. The number of para-hydroxylation sites is 1. The summed E-state index contributed by atoms with van der Waals surface area (Å²) < 4.78 is 4.93.